The lowest BCUT2D eigenvalue weighted by Gasteiger charge is -2.30. The molecule has 2 aliphatic heterocycles. The molecule has 0 unspecified atom stereocenters. The van der Waals surface area contributed by atoms with E-state index in [0.717, 1.165) is 22.3 Å². The predicted octanol–water partition coefficient (Wildman–Crippen LogP) is 7.77. The Kier molecular flexibility index (Phi) is 8.59. The minimum atomic E-state index is -5.12. The van der Waals surface area contributed by atoms with Crippen molar-refractivity contribution in [1.29, 1.82) is 0 Å². The summed E-state index contributed by atoms with van der Waals surface area (Å²) in [6, 6.07) is 4.33. The molecule has 0 saturated carbocycles. The normalized spacial score (nSPS) is 24.2. The molecule has 2 fully saturated rings. The fraction of sp³-hybridized carbons (Fsp3) is 0.419. The fourth-order valence-electron chi connectivity index (χ4n) is 6.50. The maximum Gasteiger partial charge on any atom is 0.416 e. The van der Waals surface area contributed by atoms with Crippen molar-refractivity contribution in [1.82, 2.24) is 0 Å². The number of allylic oxidation sites excluding steroid dienone is 2. The van der Waals surface area contributed by atoms with E-state index in [1.54, 1.807) is 6.07 Å². The number of alkyl halides is 6. The number of anilines is 1. The number of rotatable bonds is 6. The number of halogens is 7. The third kappa shape index (κ3) is 5.96. The van der Waals surface area contributed by atoms with Crippen molar-refractivity contribution in [2.45, 2.75) is 51.6 Å². The smallest absolute Gasteiger partial charge is 0.416 e. The molecule has 5 rings (SSSR count). The molecule has 13 heteroatoms. The van der Waals surface area contributed by atoms with Crippen LogP contribution in [0.15, 0.2) is 47.1 Å². The first-order chi connectivity index (χ1) is 20.5. The topological polar surface area (TPSA) is 76.1 Å². The lowest BCUT2D eigenvalue weighted by atomic mass is 9.70. The zero-order valence-corrected chi connectivity index (χ0v) is 25.9. The van der Waals surface area contributed by atoms with Crippen LogP contribution in [0.25, 0.3) is 6.08 Å². The second-order valence-corrected chi connectivity index (χ2v) is 12.5. The van der Waals surface area contributed by atoms with Gasteiger partial charge in [-0.2, -0.15) is 26.3 Å². The molecule has 0 spiro atoms. The number of fused-ring (bicyclic) bond motifs is 3. The number of methoxy groups -OCH3 is 1. The third-order valence-corrected chi connectivity index (χ3v) is 9.29. The number of benzene rings is 2. The zero-order chi connectivity index (χ0) is 32.3. The number of carbonyl (C=O) groups excluding carboxylic acids is 2. The summed E-state index contributed by atoms with van der Waals surface area (Å²) in [5.41, 5.74) is -0.393. The molecule has 6 nitrogen and oxygen atoms in total. The highest BCUT2D eigenvalue weighted by molar-refractivity contribution is 14.1. The van der Waals surface area contributed by atoms with Gasteiger partial charge in [0.25, 0.3) is 0 Å². The Morgan fingerprint density at radius 2 is 1.68 bits per heavy atom. The monoisotopic (exact) mass is 735 g/mol. The number of hydrogen-bond donors (Lipinski definition) is 1. The Hall–Kier alpha value is -3.07. The first-order valence-electron chi connectivity index (χ1n) is 13.7. The van der Waals surface area contributed by atoms with E-state index in [2.05, 4.69) is 0 Å². The third-order valence-electron chi connectivity index (χ3n) is 8.47. The van der Waals surface area contributed by atoms with E-state index in [1.165, 1.54) is 7.11 Å². The second-order valence-electron chi connectivity index (χ2n) is 11.4. The highest BCUT2D eigenvalue weighted by Gasteiger charge is 2.57. The van der Waals surface area contributed by atoms with Gasteiger partial charge in [0.05, 0.1) is 52.0 Å². The molecule has 3 aliphatic rings. The standard InChI is InChI=1S/C31H28F6INO5/c1-14(6-16-8-22(38)27(40)24(9-16)43-3)4-5-23-25-15(2)7-20-26(21(25)13-44-23)29(42)39(28(20)41)19-11-17(30(32,33)34)10-18(12-19)31(35,36)37/h6,8-12,20-21,23,26,40H,4-5,7,13H2,1-3H3/b14-6+/t20-,21+,23-,26-/m1/s1. The van der Waals surface area contributed by atoms with E-state index in [-0.39, 0.29) is 30.9 Å². The minimum Gasteiger partial charge on any atom is -0.504 e. The van der Waals surface area contributed by atoms with Crippen LogP contribution in [0.4, 0.5) is 32.0 Å². The van der Waals surface area contributed by atoms with E-state index in [9.17, 15) is 41.0 Å². The van der Waals surface area contributed by atoms with Gasteiger partial charge in [-0.05, 0) is 97.2 Å². The molecule has 236 valence electrons. The highest BCUT2D eigenvalue weighted by atomic mass is 127. The molecule has 2 aromatic carbocycles. The molecule has 0 aromatic heterocycles. The predicted molar refractivity (Wildman–Crippen MR) is 157 cm³/mol. The molecule has 2 aromatic rings. The average molecular weight is 735 g/mol. The van der Waals surface area contributed by atoms with Gasteiger partial charge in [-0.1, -0.05) is 17.2 Å². The minimum absolute atomic E-state index is 0.0316. The molecule has 0 bridgehead atoms. The van der Waals surface area contributed by atoms with Crippen LogP contribution >= 0.6 is 22.6 Å². The lowest BCUT2D eigenvalue weighted by molar-refractivity contribution is -0.143. The van der Waals surface area contributed by atoms with E-state index in [1.807, 2.05) is 48.6 Å². The summed E-state index contributed by atoms with van der Waals surface area (Å²) >= 11 is 2.01. The second kappa shape index (κ2) is 11.7. The summed E-state index contributed by atoms with van der Waals surface area (Å²) in [6.45, 7) is 3.87. The van der Waals surface area contributed by atoms with Crippen LogP contribution in [0.3, 0.4) is 0 Å². The highest BCUT2D eigenvalue weighted by Crippen LogP contribution is 2.51. The molecule has 4 atom stereocenters. The van der Waals surface area contributed by atoms with Crippen molar-refractivity contribution >= 4 is 46.2 Å². The molecule has 0 radical (unpaired) electrons. The molecule has 1 N–H and O–H groups in total. The lowest BCUT2D eigenvalue weighted by Crippen LogP contribution is -2.34. The van der Waals surface area contributed by atoms with Gasteiger partial charge in [0, 0.05) is 5.92 Å². The van der Waals surface area contributed by atoms with Crippen LogP contribution in [-0.4, -0.2) is 36.7 Å². The van der Waals surface area contributed by atoms with Crippen molar-refractivity contribution in [3.8, 4) is 11.5 Å². The van der Waals surface area contributed by atoms with Gasteiger partial charge in [-0.3, -0.25) is 9.59 Å². The van der Waals surface area contributed by atoms with E-state index < -0.39 is 58.7 Å². The number of hydrogen-bond acceptors (Lipinski definition) is 5. The Balaban J connectivity index is 1.37. The Bertz CT molecular complexity index is 1550. The number of phenols is 1. The quantitative estimate of drug-likeness (QED) is 0.142. The molecule has 2 heterocycles. The summed E-state index contributed by atoms with van der Waals surface area (Å²) in [7, 11) is 1.46. The number of nitrogens with zero attached hydrogens (tertiary/aromatic N) is 1. The Morgan fingerprint density at radius 3 is 2.27 bits per heavy atom. The van der Waals surface area contributed by atoms with Gasteiger partial charge in [-0.15, -0.1) is 0 Å². The summed E-state index contributed by atoms with van der Waals surface area (Å²) in [5, 5.41) is 10.1. The van der Waals surface area contributed by atoms with Crippen LogP contribution in [-0.2, 0) is 26.7 Å². The van der Waals surface area contributed by atoms with Crippen LogP contribution in [0, 0.1) is 21.3 Å². The van der Waals surface area contributed by atoms with Crippen LogP contribution in [0.2, 0.25) is 0 Å². The molecule has 44 heavy (non-hydrogen) atoms. The zero-order valence-electron chi connectivity index (χ0n) is 23.8. The molecular weight excluding hydrogens is 707 g/mol. The largest absolute Gasteiger partial charge is 0.504 e. The van der Waals surface area contributed by atoms with Crippen molar-refractivity contribution in [2.24, 2.45) is 17.8 Å². The summed E-state index contributed by atoms with van der Waals surface area (Å²) in [4.78, 5) is 27.5. The number of carbonyl (C=O) groups is 2. The maximum atomic E-state index is 13.6. The number of phenolic OH excluding ortho intramolecular Hbond substituents is 1. The van der Waals surface area contributed by atoms with Crippen LogP contribution < -0.4 is 9.64 Å². The van der Waals surface area contributed by atoms with Crippen LogP contribution in [0.1, 0.15) is 49.8 Å². The van der Waals surface area contributed by atoms with Crippen molar-refractivity contribution < 1.29 is 50.5 Å². The summed E-state index contributed by atoms with van der Waals surface area (Å²) in [5.74, 6) is -3.60. The number of ether oxygens (including phenoxy) is 2. The number of imide groups is 1. The van der Waals surface area contributed by atoms with E-state index >= 15 is 0 Å². The molecular formula is C31H28F6INO5. The first-order valence-corrected chi connectivity index (χ1v) is 14.8. The van der Waals surface area contributed by atoms with Crippen molar-refractivity contribution in [2.75, 3.05) is 18.6 Å². The molecule has 2 amide bonds. The van der Waals surface area contributed by atoms with Gasteiger partial charge in [0.1, 0.15) is 0 Å². The van der Waals surface area contributed by atoms with Gasteiger partial charge in [-0.25, -0.2) is 4.90 Å². The Morgan fingerprint density at radius 1 is 1.05 bits per heavy atom. The Labute approximate surface area is 262 Å². The van der Waals surface area contributed by atoms with Crippen molar-refractivity contribution in [3.05, 3.63) is 67.3 Å². The fourth-order valence-corrected chi connectivity index (χ4v) is 7.12. The summed E-state index contributed by atoms with van der Waals surface area (Å²) < 4.78 is 93.0. The first kappa shape index (κ1) is 32.3. The SMILES string of the molecule is COc1cc(/C=C(\C)CC[C@H]2OC[C@H]3C2=C(C)C[C@H]2C(=O)N(c4cc(C(F)(F)F)cc(C(F)(F)F)c4)C(=O)[C@H]23)cc(I)c1O. The van der Waals surface area contributed by atoms with Gasteiger partial charge in [0.2, 0.25) is 11.8 Å². The average Bonchev–Trinajstić information content (AvgIpc) is 3.47. The van der Waals surface area contributed by atoms with Gasteiger partial charge in [0.15, 0.2) is 11.5 Å². The number of aromatic hydroxyl groups is 1. The molecule has 1 aliphatic carbocycles. The van der Waals surface area contributed by atoms with Gasteiger partial charge >= 0.3 is 12.4 Å². The van der Waals surface area contributed by atoms with Crippen LogP contribution in [0.5, 0.6) is 11.5 Å². The van der Waals surface area contributed by atoms with E-state index in [0.29, 0.717) is 39.2 Å². The number of amides is 2. The van der Waals surface area contributed by atoms with E-state index in [4.69, 9.17) is 9.47 Å². The maximum absolute atomic E-state index is 13.6. The molecule has 2 saturated heterocycles. The van der Waals surface area contributed by atoms with Gasteiger partial charge < -0.3 is 14.6 Å². The summed E-state index contributed by atoms with van der Waals surface area (Å²) in [6.07, 6.45) is -7.31. The van der Waals surface area contributed by atoms with Crippen molar-refractivity contribution in [3.63, 3.8) is 0 Å².